The van der Waals surface area contributed by atoms with Crippen LogP contribution in [0.25, 0.3) is 11.0 Å². The summed E-state index contributed by atoms with van der Waals surface area (Å²) in [5.41, 5.74) is -1.49. The Hall–Kier alpha value is -2.38. The zero-order valence-electron chi connectivity index (χ0n) is 16.7. The van der Waals surface area contributed by atoms with E-state index in [-0.39, 0.29) is 45.8 Å². The van der Waals surface area contributed by atoms with Crippen molar-refractivity contribution in [1.29, 1.82) is 0 Å². The van der Waals surface area contributed by atoms with Crippen molar-refractivity contribution in [1.82, 2.24) is 0 Å². The lowest BCUT2D eigenvalue weighted by Gasteiger charge is -2.25. The summed E-state index contributed by atoms with van der Waals surface area (Å²) in [5.74, 6) is -0.918. The first-order valence-electron chi connectivity index (χ1n) is 9.44. The molecule has 7 nitrogen and oxygen atoms in total. The number of ether oxygens (including phenoxy) is 1. The molecule has 0 saturated heterocycles. The second-order valence-electron chi connectivity index (χ2n) is 8.16. The Bertz CT molecular complexity index is 995. The van der Waals surface area contributed by atoms with Gasteiger partial charge in [-0.05, 0) is 20.3 Å². The molecule has 2 heterocycles. The average molecular weight is 390 g/mol. The molecule has 152 valence electrons. The predicted octanol–water partition coefficient (Wildman–Crippen LogP) is 2.86. The summed E-state index contributed by atoms with van der Waals surface area (Å²) in [5, 5.41) is 32.0. The molecule has 2 aromatic rings. The fourth-order valence-corrected chi connectivity index (χ4v) is 3.52. The molecule has 3 rings (SSSR count). The molecule has 3 N–H and O–H groups in total. The normalized spacial score (nSPS) is 17.6. The minimum absolute atomic E-state index is 0.0917. The van der Waals surface area contributed by atoms with E-state index in [1.165, 1.54) is 6.07 Å². The van der Waals surface area contributed by atoms with Crippen LogP contribution in [0.2, 0.25) is 0 Å². The lowest BCUT2D eigenvalue weighted by atomic mass is 9.90. The largest absolute Gasteiger partial charge is 0.507 e. The Morgan fingerprint density at radius 1 is 1.36 bits per heavy atom. The van der Waals surface area contributed by atoms with Crippen LogP contribution in [0.5, 0.6) is 11.5 Å². The average Bonchev–Trinajstić information content (AvgIpc) is 3.06. The van der Waals surface area contributed by atoms with Gasteiger partial charge in [-0.1, -0.05) is 20.8 Å². The van der Waals surface area contributed by atoms with E-state index in [0.29, 0.717) is 12.0 Å². The molecule has 0 amide bonds. The van der Waals surface area contributed by atoms with E-state index in [1.807, 2.05) is 0 Å². The van der Waals surface area contributed by atoms with E-state index in [1.54, 1.807) is 34.6 Å². The topological polar surface area (TPSA) is 117 Å². The quantitative estimate of drug-likeness (QED) is 0.531. The number of phenols is 1. The number of Topliss-reactive ketones (excluding diaryl/α,β-unsaturated/α-hetero) is 1. The van der Waals surface area contributed by atoms with Crippen LogP contribution >= 0.6 is 0 Å². The molecular formula is C21H26O7. The van der Waals surface area contributed by atoms with Crippen molar-refractivity contribution < 1.29 is 29.3 Å². The Labute approximate surface area is 162 Å². The number of aromatic hydroxyl groups is 1. The van der Waals surface area contributed by atoms with Gasteiger partial charge in [0.15, 0.2) is 11.4 Å². The molecule has 1 aromatic heterocycles. The zero-order chi connectivity index (χ0) is 21.0. The highest BCUT2D eigenvalue weighted by atomic mass is 16.5. The minimum atomic E-state index is -1.21. The SMILES string of the molecule is CC[C@H](O)c1cc(=O)oc2c(C(=O)C(C)C)c(O)c3c(c12)O[C@@H](C(C)(C)O)C3. The van der Waals surface area contributed by atoms with Crippen LogP contribution in [-0.4, -0.2) is 32.8 Å². The summed E-state index contributed by atoms with van der Waals surface area (Å²) in [6, 6.07) is 1.18. The number of fused-ring (bicyclic) bond motifs is 3. The summed E-state index contributed by atoms with van der Waals surface area (Å²) in [4.78, 5) is 25.0. The van der Waals surface area contributed by atoms with Gasteiger partial charge in [-0.15, -0.1) is 0 Å². The molecule has 1 aliphatic rings. The molecular weight excluding hydrogens is 364 g/mol. The molecule has 28 heavy (non-hydrogen) atoms. The third kappa shape index (κ3) is 3.18. The van der Waals surface area contributed by atoms with Crippen molar-refractivity contribution >= 4 is 16.8 Å². The first-order valence-corrected chi connectivity index (χ1v) is 9.44. The lowest BCUT2D eigenvalue weighted by molar-refractivity contribution is -0.0225. The highest BCUT2D eigenvalue weighted by Gasteiger charge is 2.40. The maximum Gasteiger partial charge on any atom is 0.336 e. The van der Waals surface area contributed by atoms with Crippen LogP contribution in [0.15, 0.2) is 15.3 Å². The summed E-state index contributed by atoms with van der Waals surface area (Å²) >= 11 is 0. The van der Waals surface area contributed by atoms with Gasteiger partial charge in [0, 0.05) is 29.5 Å². The maximum atomic E-state index is 12.8. The fraction of sp³-hybridized carbons (Fsp3) is 0.524. The molecule has 0 unspecified atom stereocenters. The number of hydrogen-bond acceptors (Lipinski definition) is 7. The number of phenolic OH excluding ortho intramolecular Hbond substituents is 1. The lowest BCUT2D eigenvalue weighted by Crippen LogP contribution is -2.39. The number of aliphatic hydroxyl groups excluding tert-OH is 1. The molecule has 0 radical (unpaired) electrons. The fourth-order valence-electron chi connectivity index (χ4n) is 3.52. The molecule has 0 saturated carbocycles. The number of hydrogen-bond donors (Lipinski definition) is 3. The van der Waals surface area contributed by atoms with Gasteiger partial charge < -0.3 is 24.5 Å². The van der Waals surface area contributed by atoms with Crippen LogP contribution in [0.1, 0.15) is 68.6 Å². The van der Waals surface area contributed by atoms with Crippen molar-refractivity contribution in [3.63, 3.8) is 0 Å². The molecule has 1 aromatic carbocycles. The summed E-state index contributed by atoms with van der Waals surface area (Å²) in [6.07, 6.45) is -1.14. The van der Waals surface area contributed by atoms with Crippen molar-refractivity contribution in [2.24, 2.45) is 5.92 Å². The molecule has 1 aliphatic heterocycles. The van der Waals surface area contributed by atoms with Crippen LogP contribution in [0.3, 0.4) is 0 Å². The van der Waals surface area contributed by atoms with Gasteiger partial charge in [0.1, 0.15) is 23.2 Å². The predicted molar refractivity (Wildman–Crippen MR) is 103 cm³/mol. The van der Waals surface area contributed by atoms with Gasteiger partial charge in [0.2, 0.25) is 0 Å². The minimum Gasteiger partial charge on any atom is -0.507 e. The molecule has 0 fully saturated rings. The summed E-state index contributed by atoms with van der Waals surface area (Å²) in [6.45, 7) is 8.29. The van der Waals surface area contributed by atoms with Gasteiger partial charge in [0.25, 0.3) is 0 Å². The number of ketones is 1. The Morgan fingerprint density at radius 3 is 2.54 bits per heavy atom. The van der Waals surface area contributed by atoms with Gasteiger partial charge in [-0.3, -0.25) is 4.79 Å². The van der Waals surface area contributed by atoms with Crippen LogP contribution in [-0.2, 0) is 6.42 Å². The highest BCUT2D eigenvalue weighted by Crippen LogP contribution is 2.48. The van der Waals surface area contributed by atoms with Crippen LogP contribution in [0, 0.1) is 5.92 Å². The first kappa shape index (κ1) is 20.4. The maximum absolute atomic E-state index is 12.8. The third-order valence-corrected chi connectivity index (χ3v) is 5.20. The van der Waals surface area contributed by atoms with Crippen LogP contribution < -0.4 is 10.4 Å². The summed E-state index contributed by atoms with van der Waals surface area (Å²) < 4.78 is 11.3. The number of rotatable bonds is 5. The molecule has 0 bridgehead atoms. The first-order chi connectivity index (χ1) is 13.0. The van der Waals surface area contributed by atoms with E-state index in [2.05, 4.69) is 0 Å². The van der Waals surface area contributed by atoms with Crippen LogP contribution in [0.4, 0.5) is 0 Å². The van der Waals surface area contributed by atoms with Gasteiger partial charge in [0.05, 0.1) is 17.1 Å². The zero-order valence-corrected chi connectivity index (χ0v) is 16.7. The van der Waals surface area contributed by atoms with E-state index < -0.39 is 29.4 Å². The number of benzene rings is 1. The Morgan fingerprint density at radius 2 is 2.00 bits per heavy atom. The van der Waals surface area contributed by atoms with Crippen molar-refractivity contribution in [3.05, 3.63) is 33.2 Å². The van der Waals surface area contributed by atoms with Gasteiger partial charge >= 0.3 is 5.63 Å². The smallest absolute Gasteiger partial charge is 0.336 e. The monoisotopic (exact) mass is 390 g/mol. The molecule has 0 aliphatic carbocycles. The standard InChI is InChI=1S/C21H26O7/c1-6-12(22)10-8-14(23)28-20-15(10)19-11(7-13(27-19)21(4,5)26)18(25)16(20)17(24)9(2)3/h8-9,12-13,22,25-26H,6-7H2,1-5H3/t12-,13+/m0/s1. The second kappa shape index (κ2) is 6.90. The van der Waals surface area contributed by atoms with Crippen molar-refractivity contribution in [2.45, 2.75) is 65.3 Å². The van der Waals surface area contributed by atoms with Crippen molar-refractivity contribution in [3.8, 4) is 11.5 Å². The summed E-state index contributed by atoms with van der Waals surface area (Å²) in [7, 11) is 0. The van der Waals surface area contributed by atoms with E-state index in [0.717, 1.165) is 0 Å². The molecule has 2 atom stereocenters. The Balaban J connectivity index is 2.46. The van der Waals surface area contributed by atoms with Gasteiger partial charge in [-0.2, -0.15) is 0 Å². The third-order valence-electron chi connectivity index (χ3n) is 5.20. The number of aliphatic hydroxyl groups is 2. The van der Waals surface area contributed by atoms with E-state index in [9.17, 15) is 24.9 Å². The second-order valence-corrected chi connectivity index (χ2v) is 8.16. The number of carbonyl (C=O) groups excluding carboxylic acids is 1. The molecule has 0 spiro atoms. The van der Waals surface area contributed by atoms with Crippen molar-refractivity contribution in [2.75, 3.05) is 0 Å². The van der Waals surface area contributed by atoms with Gasteiger partial charge in [-0.25, -0.2) is 4.79 Å². The van der Waals surface area contributed by atoms with E-state index >= 15 is 0 Å². The van der Waals surface area contributed by atoms with E-state index in [4.69, 9.17) is 9.15 Å². The highest BCUT2D eigenvalue weighted by molar-refractivity contribution is 6.12. The number of carbonyl (C=O) groups is 1. The Kier molecular flexibility index (Phi) is 5.02. The molecule has 7 heteroatoms.